The molecule has 0 amide bonds. The molecule has 1 heterocycles. The van der Waals surface area contributed by atoms with Crippen LogP contribution < -0.4 is 5.32 Å². The molecule has 0 saturated heterocycles. The van der Waals surface area contributed by atoms with E-state index < -0.39 is 13.0 Å². The molecular formula is C10H15F2NOS. The molecular weight excluding hydrogens is 220 g/mol. The number of thiophene rings is 1. The lowest BCUT2D eigenvalue weighted by Crippen LogP contribution is -2.18. The van der Waals surface area contributed by atoms with Crippen molar-refractivity contribution in [1.29, 1.82) is 0 Å². The van der Waals surface area contributed by atoms with Crippen LogP contribution in [0.5, 0.6) is 0 Å². The van der Waals surface area contributed by atoms with Crippen LogP contribution in [0.25, 0.3) is 0 Å². The summed E-state index contributed by atoms with van der Waals surface area (Å²) in [5.41, 5.74) is 1.18. The number of hydrogen-bond donors (Lipinski definition) is 1. The second-order valence-corrected chi connectivity index (χ2v) is 3.93. The molecule has 0 aromatic carbocycles. The van der Waals surface area contributed by atoms with E-state index in [1.54, 1.807) is 11.3 Å². The fourth-order valence-electron chi connectivity index (χ4n) is 1.32. The van der Waals surface area contributed by atoms with E-state index in [1.807, 2.05) is 23.9 Å². The highest BCUT2D eigenvalue weighted by Gasteiger charge is 2.09. The number of alkyl halides is 2. The van der Waals surface area contributed by atoms with Gasteiger partial charge in [0.25, 0.3) is 6.43 Å². The van der Waals surface area contributed by atoms with Gasteiger partial charge in [-0.2, -0.15) is 11.3 Å². The lowest BCUT2D eigenvalue weighted by Gasteiger charge is -2.14. The Hall–Kier alpha value is -0.520. The molecule has 0 fully saturated rings. The minimum atomic E-state index is -2.38. The molecule has 0 spiro atoms. The summed E-state index contributed by atoms with van der Waals surface area (Å²) in [7, 11) is 1.86. The van der Waals surface area contributed by atoms with Crippen LogP contribution in [0.4, 0.5) is 8.78 Å². The van der Waals surface area contributed by atoms with E-state index in [2.05, 4.69) is 5.32 Å². The van der Waals surface area contributed by atoms with Crippen molar-refractivity contribution < 1.29 is 13.5 Å². The lowest BCUT2D eigenvalue weighted by atomic mass is 10.1. The first kappa shape index (κ1) is 12.5. The smallest absolute Gasteiger partial charge is 0.261 e. The highest BCUT2D eigenvalue weighted by molar-refractivity contribution is 7.07. The Bertz CT molecular complexity index is 254. The summed E-state index contributed by atoms with van der Waals surface area (Å²) in [4.78, 5) is 0. The Balaban J connectivity index is 2.23. The van der Waals surface area contributed by atoms with Gasteiger partial charge in [0.1, 0.15) is 6.61 Å². The number of nitrogens with one attached hydrogen (secondary N) is 1. The number of ether oxygens (including phenoxy) is 1. The Morgan fingerprint density at radius 1 is 1.53 bits per heavy atom. The summed E-state index contributed by atoms with van der Waals surface area (Å²) in [5.74, 6) is 0. The monoisotopic (exact) mass is 235 g/mol. The van der Waals surface area contributed by atoms with Crippen molar-refractivity contribution in [2.75, 3.05) is 20.3 Å². The van der Waals surface area contributed by atoms with Crippen LogP contribution in [0.3, 0.4) is 0 Å². The average molecular weight is 235 g/mol. The van der Waals surface area contributed by atoms with E-state index in [0.29, 0.717) is 13.0 Å². The molecule has 5 heteroatoms. The SMILES string of the molecule is CNC(CCOCC(F)F)c1ccsc1. The normalized spacial score (nSPS) is 13.3. The van der Waals surface area contributed by atoms with Crippen LogP contribution in [0, 0.1) is 0 Å². The van der Waals surface area contributed by atoms with Gasteiger partial charge in [0.2, 0.25) is 0 Å². The maximum atomic E-state index is 11.8. The molecule has 0 aliphatic heterocycles. The molecule has 0 saturated carbocycles. The third-order valence-electron chi connectivity index (χ3n) is 2.09. The molecule has 86 valence electrons. The third-order valence-corrected chi connectivity index (χ3v) is 2.79. The highest BCUT2D eigenvalue weighted by Crippen LogP contribution is 2.19. The van der Waals surface area contributed by atoms with Gasteiger partial charge in [-0.3, -0.25) is 0 Å². The molecule has 0 aliphatic carbocycles. The highest BCUT2D eigenvalue weighted by atomic mass is 32.1. The Morgan fingerprint density at radius 2 is 2.33 bits per heavy atom. The number of rotatable bonds is 7. The van der Waals surface area contributed by atoms with Crippen molar-refractivity contribution in [2.24, 2.45) is 0 Å². The van der Waals surface area contributed by atoms with Gasteiger partial charge in [0.05, 0.1) is 0 Å². The van der Waals surface area contributed by atoms with Crippen molar-refractivity contribution in [1.82, 2.24) is 5.32 Å². The summed E-state index contributed by atoms with van der Waals surface area (Å²) in [6.07, 6.45) is -1.67. The van der Waals surface area contributed by atoms with Gasteiger partial charge in [0, 0.05) is 12.6 Å². The summed E-state index contributed by atoms with van der Waals surface area (Å²) in [6, 6.07) is 2.22. The minimum absolute atomic E-state index is 0.189. The van der Waals surface area contributed by atoms with Crippen LogP contribution in [0.15, 0.2) is 16.8 Å². The average Bonchev–Trinajstić information content (AvgIpc) is 2.70. The van der Waals surface area contributed by atoms with Gasteiger partial charge in [-0.05, 0) is 35.9 Å². The molecule has 0 aliphatic rings. The first-order valence-corrected chi connectivity index (χ1v) is 5.73. The van der Waals surface area contributed by atoms with Crippen molar-refractivity contribution >= 4 is 11.3 Å². The number of halogens is 2. The third kappa shape index (κ3) is 4.68. The zero-order valence-electron chi connectivity index (χ0n) is 8.58. The Morgan fingerprint density at radius 3 is 2.87 bits per heavy atom. The minimum Gasteiger partial charge on any atom is -0.375 e. The standard InChI is InChI=1S/C10H15F2NOS/c1-13-9(8-3-5-15-7-8)2-4-14-6-10(11)12/h3,5,7,9-10,13H,2,4,6H2,1H3. The fraction of sp³-hybridized carbons (Fsp3) is 0.600. The fourth-order valence-corrected chi connectivity index (χ4v) is 2.04. The largest absolute Gasteiger partial charge is 0.375 e. The van der Waals surface area contributed by atoms with E-state index >= 15 is 0 Å². The summed E-state index contributed by atoms with van der Waals surface area (Å²) in [6.45, 7) is -0.119. The molecule has 1 rings (SSSR count). The van der Waals surface area contributed by atoms with Gasteiger partial charge in [-0.15, -0.1) is 0 Å². The van der Waals surface area contributed by atoms with Crippen LogP contribution in [-0.4, -0.2) is 26.7 Å². The Labute approximate surface area is 92.3 Å². The molecule has 15 heavy (non-hydrogen) atoms. The van der Waals surface area contributed by atoms with Gasteiger partial charge in [-0.1, -0.05) is 0 Å². The first-order valence-electron chi connectivity index (χ1n) is 4.79. The molecule has 1 N–H and O–H groups in total. The molecule has 0 radical (unpaired) electrons. The first-order chi connectivity index (χ1) is 7.24. The molecule has 1 unspecified atom stereocenters. The quantitative estimate of drug-likeness (QED) is 0.734. The maximum absolute atomic E-state index is 11.8. The van der Waals surface area contributed by atoms with Crippen LogP contribution in [-0.2, 0) is 4.74 Å². The molecule has 0 bridgehead atoms. The van der Waals surface area contributed by atoms with Gasteiger partial charge >= 0.3 is 0 Å². The number of hydrogen-bond acceptors (Lipinski definition) is 3. The van der Waals surface area contributed by atoms with Gasteiger partial charge < -0.3 is 10.1 Å². The van der Waals surface area contributed by atoms with Crippen molar-refractivity contribution in [3.8, 4) is 0 Å². The van der Waals surface area contributed by atoms with Crippen molar-refractivity contribution in [2.45, 2.75) is 18.9 Å². The molecule has 1 atom stereocenters. The van der Waals surface area contributed by atoms with E-state index in [-0.39, 0.29) is 6.04 Å². The second kappa shape index (κ2) is 6.87. The van der Waals surface area contributed by atoms with E-state index in [0.717, 1.165) is 0 Å². The van der Waals surface area contributed by atoms with Crippen LogP contribution in [0.1, 0.15) is 18.0 Å². The molecule has 2 nitrogen and oxygen atoms in total. The van der Waals surface area contributed by atoms with Crippen LogP contribution in [0.2, 0.25) is 0 Å². The van der Waals surface area contributed by atoms with E-state index in [4.69, 9.17) is 4.74 Å². The summed E-state index contributed by atoms with van der Waals surface area (Å²) >= 11 is 1.63. The van der Waals surface area contributed by atoms with E-state index in [1.165, 1.54) is 5.56 Å². The van der Waals surface area contributed by atoms with Gasteiger partial charge in [-0.25, -0.2) is 8.78 Å². The zero-order valence-corrected chi connectivity index (χ0v) is 9.40. The van der Waals surface area contributed by atoms with Gasteiger partial charge in [0.15, 0.2) is 0 Å². The molecule has 1 aromatic rings. The summed E-state index contributed by atoms with van der Waals surface area (Å²) in [5, 5.41) is 7.18. The predicted octanol–water partition coefficient (Wildman–Crippen LogP) is 2.68. The van der Waals surface area contributed by atoms with Crippen molar-refractivity contribution in [3.05, 3.63) is 22.4 Å². The van der Waals surface area contributed by atoms with E-state index in [9.17, 15) is 8.78 Å². The predicted molar refractivity (Wildman–Crippen MR) is 57.6 cm³/mol. The van der Waals surface area contributed by atoms with Crippen LogP contribution >= 0.6 is 11.3 Å². The summed E-state index contributed by atoms with van der Waals surface area (Å²) < 4.78 is 28.4. The van der Waals surface area contributed by atoms with Crippen molar-refractivity contribution in [3.63, 3.8) is 0 Å². The topological polar surface area (TPSA) is 21.3 Å². The second-order valence-electron chi connectivity index (χ2n) is 3.15. The maximum Gasteiger partial charge on any atom is 0.261 e. The molecule has 1 aromatic heterocycles. The lowest BCUT2D eigenvalue weighted by molar-refractivity contribution is 0.0145. The zero-order chi connectivity index (χ0) is 11.1. The Kier molecular flexibility index (Phi) is 5.75.